The summed E-state index contributed by atoms with van der Waals surface area (Å²) in [4.78, 5) is 24.4. The minimum Gasteiger partial charge on any atom is -0.466 e. The smallest absolute Gasteiger partial charge is 0.305 e. The predicted molar refractivity (Wildman–Crippen MR) is 283 cm³/mol. The maximum absolute atomic E-state index is 12.4. The van der Waals surface area contributed by atoms with E-state index in [2.05, 4.69) is 43.5 Å². The molecule has 0 spiro atoms. The summed E-state index contributed by atoms with van der Waals surface area (Å²) in [7, 11) is 0. The highest BCUT2D eigenvalue weighted by molar-refractivity contribution is 5.76. The molecule has 6 heteroatoms. The molecule has 1 amide bonds. The first-order chi connectivity index (χ1) is 32.0. The van der Waals surface area contributed by atoms with Crippen LogP contribution in [0.15, 0.2) is 24.3 Å². The van der Waals surface area contributed by atoms with Gasteiger partial charge in [-0.25, -0.2) is 0 Å². The fraction of sp³-hybridized carbons (Fsp3) is 0.898. The van der Waals surface area contributed by atoms with Gasteiger partial charge in [-0.15, -0.1) is 0 Å². The van der Waals surface area contributed by atoms with Gasteiger partial charge in [-0.2, -0.15) is 0 Å². The van der Waals surface area contributed by atoms with E-state index in [0.29, 0.717) is 25.9 Å². The van der Waals surface area contributed by atoms with Crippen molar-refractivity contribution in [3.8, 4) is 0 Å². The van der Waals surface area contributed by atoms with Gasteiger partial charge in [0.1, 0.15) is 0 Å². The van der Waals surface area contributed by atoms with Gasteiger partial charge in [0.25, 0.3) is 0 Å². The lowest BCUT2D eigenvalue weighted by Crippen LogP contribution is -2.45. The molecule has 0 bridgehead atoms. The van der Waals surface area contributed by atoms with Crippen LogP contribution in [0.1, 0.15) is 316 Å². The fourth-order valence-corrected chi connectivity index (χ4v) is 8.98. The van der Waals surface area contributed by atoms with E-state index in [9.17, 15) is 19.8 Å². The Bertz CT molecular complexity index is 1010. The largest absolute Gasteiger partial charge is 0.466 e. The third-order valence-electron chi connectivity index (χ3n) is 13.5. The van der Waals surface area contributed by atoms with E-state index in [1.807, 2.05) is 0 Å². The van der Waals surface area contributed by atoms with Crippen molar-refractivity contribution in [1.82, 2.24) is 5.32 Å². The molecule has 0 aromatic carbocycles. The number of rotatable bonds is 54. The Labute approximate surface area is 405 Å². The zero-order valence-electron chi connectivity index (χ0n) is 43.7. The number of amides is 1. The highest BCUT2D eigenvalue weighted by atomic mass is 16.5. The van der Waals surface area contributed by atoms with Crippen molar-refractivity contribution in [3.05, 3.63) is 24.3 Å². The van der Waals surface area contributed by atoms with Crippen LogP contribution in [0.5, 0.6) is 0 Å². The summed E-state index contributed by atoms with van der Waals surface area (Å²) in [5.41, 5.74) is 0. The van der Waals surface area contributed by atoms with E-state index < -0.39 is 12.1 Å². The van der Waals surface area contributed by atoms with E-state index in [-0.39, 0.29) is 18.5 Å². The van der Waals surface area contributed by atoms with Crippen molar-refractivity contribution in [2.45, 2.75) is 328 Å². The van der Waals surface area contributed by atoms with Crippen molar-refractivity contribution in [2.75, 3.05) is 13.2 Å². The molecule has 0 heterocycles. The molecule has 0 saturated carbocycles. The van der Waals surface area contributed by atoms with Gasteiger partial charge in [0, 0.05) is 12.8 Å². The Balaban J connectivity index is 3.37. The lowest BCUT2D eigenvalue weighted by molar-refractivity contribution is -0.143. The zero-order chi connectivity index (χ0) is 47.2. The summed E-state index contributed by atoms with van der Waals surface area (Å²) < 4.78 is 5.47. The molecule has 0 aliphatic rings. The summed E-state index contributed by atoms with van der Waals surface area (Å²) in [6, 6.07) is -0.541. The highest BCUT2D eigenvalue weighted by Gasteiger charge is 2.20. The van der Waals surface area contributed by atoms with Crippen LogP contribution in [-0.2, 0) is 14.3 Å². The Morgan fingerprint density at radius 2 is 0.723 bits per heavy atom. The number of aliphatic hydroxyl groups is 2. The van der Waals surface area contributed by atoms with Crippen molar-refractivity contribution >= 4 is 11.9 Å². The van der Waals surface area contributed by atoms with Crippen LogP contribution in [0.4, 0.5) is 0 Å². The number of unbranched alkanes of at least 4 members (excludes halogenated alkanes) is 39. The molecule has 0 radical (unpaired) electrons. The second-order valence-electron chi connectivity index (χ2n) is 20.0. The molecule has 0 aromatic heterocycles. The van der Waals surface area contributed by atoms with E-state index in [0.717, 1.165) is 44.9 Å². The van der Waals surface area contributed by atoms with Crippen LogP contribution in [0.2, 0.25) is 0 Å². The first kappa shape index (κ1) is 63.3. The number of carbonyl (C=O) groups is 2. The average molecular weight is 917 g/mol. The first-order valence-electron chi connectivity index (χ1n) is 29.1. The number of carbonyl (C=O) groups excluding carboxylic acids is 2. The SMILES string of the molecule is CCCCCC/C=C\CCCCCCCC(=O)OCCCCCCCCCCCCCC/C=C\CCCCCCCCCCCC(=O)NC(CO)C(O)CCCCCCCCCCCC. The lowest BCUT2D eigenvalue weighted by Gasteiger charge is -2.22. The second kappa shape index (κ2) is 54.9. The second-order valence-corrected chi connectivity index (χ2v) is 20.0. The van der Waals surface area contributed by atoms with Crippen molar-refractivity contribution in [3.63, 3.8) is 0 Å². The third-order valence-corrected chi connectivity index (χ3v) is 13.5. The number of hydrogen-bond donors (Lipinski definition) is 3. The summed E-state index contributed by atoms with van der Waals surface area (Å²) in [5, 5.41) is 23.1. The Morgan fingerprint density at radius 3 is 1.11 bits per heavy atom. The number of hydrogen-bond acceptors (Lipinski definition) is 5. The van der Waals surface area contributed by atoms with Crippen LogP contribution < -0.4 is 5.32 Å². The zero-order valence-corrected chi connectivity index (χ0v) is 43.7. The average Bonchev–Trinajstić information content (AvgIpc) is 3.31. The number of aliphatic hydroxyl groups excluding tert-OH is 2. The molecule has 0 fully saturated rings. The Hall–Kier alpha value is -1.66. The fourth-order valence-electron chi connectivity index (χ4n) is 8.98. The number of esters is 1. The molecule has 0 aromatic rings. The minimum absolute atomic E-state index is 0.00410. The van der Waals surface area contributed by atoms with Crippen LogP contribution >= 0.6 is 0 Å². The predicted octanol–water partition coefficient (Wildman–Crippen LogP) is 17.9. The maximum Gasteiger partial charge on any atom is 0.305 e. The van der Waals surface area contributed by atoms with Crippen molar-refractivity contribution in [2.24, 2.45) is 0 Å². The van der Waals surface area contributed by atoms with Crippen molar-refractivity contribution < 1.29 is 24.5 Å². The molecule has 3 N–H and O–H groups in total. The van der Waals surface area contributed by atoms with Crippen LogP contribution in [-0.4, -0.2) is 47.4 Å². The van der Waals surface area contributed by atoms with Gasteiger partial charge in [0.15, 0.2) is 0 Å². The van der Waals surface area contributed by atoms with Gasteiger partial charge in [-0.1, -0.05) is 250 Å². The number of allylic oxidation sites excluding steroid dienone is 4. The molecular weight excluding hydrogens is 803 g/mol. The molecular formula is C59H113NO5. The molecule has 0 aliphatic heterocycles. The number of nitrogens with one attached hydrogen (secondary N) is 1. The normalized spacial score (nSPS) is 12.7. The van der Waals surface area contributed by atoms with E-state index in [1.54, 1.807) is 0 Å². The highest BCUT2D eigenvalue weighted by Crippen LogP contribution is 2.17. The van der Waals surface area contributed by atoms with Gasteiger partial charge in [-0.05, 0) is 77.0 Å². The van der Waals surface area contributed by atoms with Crippen LogP contribution in [0.25, 0.3) is 0 Å². The maximum atomic E-state index is 12.4. The molecule has 384 valence electrons. The lowest BCUT2D eigenvalue weighted by atomic mass is 10.0. The standard InChI is InChI=1S/C59H113NO5/c1-3-5-7-9-11-13-15-29-33-37-41-45-49-53-59(64)65-54-50-46-42-38-34-31-28-26-24-22-20-18-16-17-19-21-23-25-27-30-32-36-40-44-48-52-58(63)60-56(55-61)57(62)51-47-43-39-35-14-12-10-8-6-4-2/h13,15,17,19,56-57,61-62H,3-12,14,16,18,20-55H2,1-2H3,(H,60,63)/b15-13-,19-17-. The van der Waals surface area contributed by atoms with Gasteiger partial charge in [0.2, 0.25) is 5.91 Å². The Kier molecular flexibility index (Phi) is 53.5. The monoisotopic (exact) mass is 916 g/mol. The van der Waals surface area contributed by atoms with Gasteiger partial charge < -0.3 is 20.3 Å². The molecule has 2 atom stereocenters. The quantitative estimate of drug-likeness (QED) is 0.0321. The summed E-state index contributed by atoms with van der Waals surface area (Å²) >= 11 is 0. The minimum atomic E-state index is -0.664. The number of ether oxygens (including phenoxy) is 1. The summed E-state index contributed by atoms with van der Waals surface area (Å²) in [5.74, 6) is -0.0352. The van der Waals surface area contributed by atoms with Crippen molar-refractivity contribution in [1.29, 1.82) is 0 Å². The van der Waals surface area contributed by atoms with E-state index in [1.165, 1.54) is 238 Å². The Morgan fingerprint density at radius 1 is 0.415 bits per heavy atom. The molecule has 0 rings (SSSR count). The molecule has 0 saturated heterocycles. The first-order valence-corrected chi connectivity index (χ1v) is 29.1. The van der Waals surface area contributed by atoms with E-state index >= 15 is 0 Å². The van der Waals surface area contributed by atoms with Crippen LogP contribution in [0.3, 0.4) is 0 Å². The van der Waals surface area contributed by atoms with Crippen LogP contribution in [0, 0.1) is 0 Å². The topological polar surface area (TPSA) is 95.9 Å². The summed E-state index contributed by atoms with van der Waals surface area (Å²) in [6.07, 6.45) is 66.1. The van der Waals surface area contributed by atoms with Gasteiger partial charge in [-0.3, -0.25) is 9.59 Å². The van der Waals surface area contributed by atoms with Gasteiger partial charge in [0.05, 0.1) is 25.4 Å². The molecule has 2 unspecified atom stereocenters. The summed E-state index contributed by atoms with van der Waals surface area (Å²) in [6.45, 7) is 4.93. The third kappa shape index (κ3) is 51.6. The van der Waals surface area contributed by atoms with E-state index in [4.69, 9.17) is 4.74 Å². The van der Waals surface area contributed by atoms with Gasteiger partial charge >= 0.3 is 5.97 Å². The molecule has 6 nitrogen and oxygen atoms in total. The molecule has 65 heavy (non-hydrogen) atoms. The molecule has 0 aliphatic carbocycles.